The van der Waals surface area contributed by atoms with E-state index < -0.39 is 10.0 Å². The van der Waals surface area contributed by atoms with E-state index in [-0.39, 0.29) is 11.9 Å². The highest BCUT2D eigenvalue weighted by Crippen LogP contribution is 2.34. The van der Waals surface area contributed by atoms with E-state index in [1.807, 2.05) is 36.1 Å². The number of carbonyl (C=O) groups is 1. The maximum atomic E-state index is 13.0. The normalized spacial score (nSPS) is 17.0. The van der Waals surface area contributed by atoms with Gasteiger partial charge in [0.05, 0.1) is 18.9 Å². The van der Waals surface area contributed by atoms with Crippen molar-refractivity contribution in [1.29, 1.82) is 0 Å². The summed E-state index contributed by atoms with van der Waals surface area (Å²) >= 11 is 0. The second-order valence-corrected chi connectivity index (χ2v) is 8.36. The fourth-order valence-electron chi connectivity index (χ4n) is 3.37. The maximum absolute atomic E-state index is 13.0. The van der Waals surface area contributed by atoms with Crippen molar-refractivity contribution in [2.45, 2.75) is 25.8 Å². The molecule has 1 fully saturated rings. The number of hydrogen-bond acceptors (Lipinski definition) is 4. The minimum atomic E-state index is -3.33. The van der Waals surface area contributed by atoms with E-state index >= 15 is 0 Å². The third kappa shape index (κ3) is 4.80. The molecule has 1 atom stereocenters. The van der Waals surface area contributed by atoms with Crippen molar-refractivity contribution in [2.24, 2.45) is 0 Å². The van der Waals surface area contributed by atoms with Gasteiger partial charge in [0.2, 0.25) is 10.0 Å². The van der Waals surface area contributed by atoms with E-state index in [2.05, 4.69) is 4.72 Å². The third-order valence-electron chi connectivity index (χ3n) is 4.52. The molecule has 1 aliphatic heterocycles. The van der Waals surface area contributed by atoms with Crippen LogP contribution in [-0.2, 0) is 10.0 Å². The number of hydrogen-bond donors (Lipinski definition) is 1. The largest absolute Gasteiger partial charge is 0.494 e. The average Bonchev–Trinajstić information content (AvgIpc) is 3.11. The van der Waals surface area contributed by atoms with E-state index in [0.29, 0.717) is 24.4 Å². The molecule has 0 aliphatic carbocycles. The smallest absolute Gasteiger partial charge is 0.254 e. The Hall–Kier alpha value is -2.54. The minimum absolute atomic E-state index is 0.0435. The summed E-state index contributed by atoms with van der Waals surface area (Å²) in [5.41, 5.74) is 2.09. The van der Waals surface area contributed by atoms with E-state index in [9.17, 15) is 13.2 Å². The van der Waals surface area contributed by atoms with Crippen molar-refractivity contribution in [2.75, 3.05) is 24.1 Å². The van der Waals surface area contributed by atoms with Gasteiger partial charge >= 0.3 is 0 Å². The molecule has 1 heterocycles. The molecule has 27 heavy (non-hydrogen) atoms. The summed E-state index contributed by atoms with van der Waals surface area (Å²) in [5.74, 6) is 0.781. The van der Waals surface area contributed by atoms with Crippen LogP contribution in [0.15, 0.2) is 48.5 Å². The topological polar surface area (TPSA) is 75.7 Å². The van der Waals surface area contributed by atoms with Gasteiger partial charge in [-0.2, -0.15) is 0 Å². The molecule has 1 N–H and O–H groups in total. The van der Waals surface area contributed by atoms with Crippen LogP contribution in [0.5, 0.6) is 5.75 Å². The lowest BCUT2D eigenvalue weighted by Crippen LogP contribution is -2.30. The van der Waals surface area contributed by atoms with Crippen LogP contribution in [0.1, 0.15) is 41.7 Å². The molecule has 0 saturated carbocycles. The zero-order valence-corrected chi connectivity index (χ0v) is 16.3. The molecule has 0 unspecified atom stereocenters. The van der Waals surface area contributed by atoms with Gasteiger partial charge in [-0.3, -0.25) is 9.52 Å². The van der Waals surface area contributed by atoms with Crippen LogP contribution < -0.4 is 9.46 Å². The fourth-order valence-corrected chi connectivity index (χ4v) is 3.93. The van der Waals surface area contributed by atoms with Crippen molar-refractivity contribution in [1.82, 2.24) is 4.90 Å². The van der Waals surface area contributed by atoms with Crippen molar-refractivity contribution in [3.8, 4) is 5.75 Å². The van der Waals surface area contributed by atoms with Gasteiger partial charge < -0.3 is 9.64 Å². The highest BCUT2D eigenvalue weighted by atomic mass is 32.2. The summed E-state index contributed by atoms with van der Waals surface area (Å²) in [4.78, 5) is 14.8. The predicted octanol–water partition coefficient (Wildman–Crippen LogP) is 3.43. The molecule has 0 spiro atoms. The first-order valence-electron chi connectivity index (χ1n) is 8.99. The summed E-state index contributed by atoms with van der Waals surface area (Å²) < 4.78 is 30.5. The van der Waals surface area contributed by atoms with Crippen molar-refractivity contribution in [3.05, 3.63) is 59.7 Å². The number of carbonyl (C=O) groups excluding carboxylic acids is 1. The Morgan fingerprint density at radius 3 is 2.41 bits per heavy atom. The van der Waals surface area contributed by atoms with Gasteiger partial charge in [-0.15, -0.1) is 0 Å². The van der Waals surface area contributed by atoms with Gasteiger partial charge in [-0.1, -0.05) is 12.1 Å². The van der Waals surface area contributed by atoms with Crippen LogP contribution in [0.4, 0.5) is 5.69 Å². The first kappa shape index (κ1) is 19.2. The molecule has 3 rings (SSSR count). The first-order chi connectivity index (χ1) is 12.9. The summed E-state index contributed by atoms with van der Waals surface area (Å²) in [6.07, 6.45) is 2.97. The minimum Gasteiger partial charge on any atom is -0.494 e. The molecule has 1 saturated heterocycles. The summed E-state index contributed by atoms with van der Waals surface area (Å²) in [6, 6.07) is 14.5. The molecular weight excluding hydrogens is 364 g/mol. The lowest BCUT2D eigenvalue weighted by molar-refractivity contribution is 0.0735. The molecule has 7 heteroatoms. The number of nitrogens with one attached hydrogen (secondary N) is 1. The third-order valence-corrected chi connectivity index (χ3v) is 5.13. The number of benzene rings is 2. The van der Waals surface area contributed by atoms with E-state index in [1.54, 1.807) is 24.3 Å². The Labute approximate surface area is 160 Å². The van der Waals surface area contributed by atoms with Crippen molar-refractivity contribution in [3.63, 3.8) is 0 Å². The summed E-state index contributed by atoms with van der Waals surface area (Å²) in [5, 5.41) is 0. The summed E-state index contributed by atoms with van der Waals surface area (Å²) in [7, 11) is -3.33. The Balaban J connectivity index is 1.75. The Morgan fingerprint density at radius 2 is 1.81 bits per heavy atom. The second kappa shape index (κ2) is 8.00. The van der Waals surface area contributed by atoms with Crippen molar-refractivity contribution >= 4 is 21.6 Å². The molecule has 1 aliphatic rings. The number of ether oxygens (including phenoxy) is 1. The first-order valence-corrected chi connectivity index (χ1v) is 10.9. The highest BCUT2D eigenvalue weighted by Gasteiger charge is 2.30. The van der Waals surface area contributed by atoms with Crippen LogP contribution >= 0.6 is 0 Å². The van der Waals surface area contributed by atoms with Crippen LogP contribution in [0, 0.1) is 0 Å². The SMILES string of the molecule is CCOc1ccc([C@H]2CCCN2C(=O)c2ccc(NS(C)(=O)=O)cc2)cc1. The van der Waals surface area contributed by atoms with Gasteiger partial charge in [-0.05, 0) is 61.7 Å². The molecule has 0 radical (unpaired) electrons. The number of rotatable bonds is 6. The molecule has 144 valence electrons. The van der Waals surface area contributed by atoms with Crippen LogP contribution in [0.2, 0.25) is 0 Å². The van der Waals surface area contributed by atoms with Crippen molar-refractivity contribution < 1.29 is 17.9 Å². The fraction of sp³-hybridized carbons (Fsp3) is 0.350. The average molecular weight is 388 g/mol. The Kier molecular flexibility index (Phi) is 5.70. The maximum Gasteiger partial charge on any atom is 0.254 e. The molecule has 6 nitrogen and oxygen atoms in total. The van der Waals surface area contributed by atoms with E-state index in [4.69, 9.17) is 4.74 Å². The lowest BCUT2D eigenvalue weighted by atomic mass is 10.0. The van der Waals surface area contributed by atoms with Crippen LogP contribution in [0.3, 0.4) is 0 Å². The molecule has 0 aromatic heterocycles. The van der Waals surface area contributed by atoms with Gasteiger partial charge in [0.25, 0.3) is 5.91 Å². The molecule has 1 amide bonds. The second-order valence-electron chi connectivity index (χ2n) is 6.61. The molecule has 2 aromatic rings. The van der Waals surface area contributed by atoms with Crippen LogP contribution in [-0.4, -0.2) is 38.6 Å². The molecule has 2 aromatic carbocycles. The monoisotopic (exact) mass is 388 g/mol. The number of sulfonamides is 1. The zero-order valence-electron chi connectivity index (χ0n) is 15.5. The van der Waals surface area contributed by atoms with Gasteiger partial charge in [0.1, 0.15) is 5.75 Å². The molecule has 0 bridgehead atoms. The van der Waals surface area contributed by atoms with Crippen LogP contribution in [0.25, 0.3) is 0 Å². The quantitative estimate of drug-likeness (QED) is 0.823. The number of amides is 1. The summed E-state index contributed by atoms with van der Waals surface area (Å²) in [6.45, 7) is 3.28. The van der Waals surface area contributed by atoms with Gasteiger partial charge in [0.15, 0.2) is 0 Å². The van der Waals surface area contributed by atoms with E-state index in [0.717, 1.165) is 30.4 Å². The lowest BCUT2D eigenvalue weighted by Gasteiger charge is -2.25. The van der Waals surface area contributed by atoms with E-state index in [1.165, 1.54) is 0 Å². The number of anilines is 1. The molecular formula is C20H24N2O4S. The van der Waals surface area contributed by atoms with Gasteiger partial charge in [0, 0.05) is 17.8 Å². The Bertz CT molecular complexity index is 893. The van der Waals surface area contributed by atoms with Gasteiger partial charge in [-0.25, -0.2) is 8.42 Å². The Morgan fingerprint density at radius 1 is 1.15 bits per heavy atom. The standard InChI is InChI=1S/C20H24N2O4S/c1-3-26-18-12-8-15(9-13-18)19-5-4-14-22(19)20(23)16-6-10-17(11-7-16)21-27(2,24)25/h6-13,19,21H,3-5,14H2,1-2H3/t19-/m1/s1. The number of nitrogens with zero attached hydrogens (tertiary/aromatic N) is 1. The zero-order chi connectivity index (χ0) is 19.4. The predicted molar refractivity (Wildman–Crippen MR) is 106 cm³/mol. The highest BCUT2D eigenvalue weighted by molar-refractivity contribution is 7.92. The number of likely N-dealkylation sites (tertiary alicyclic amines) is 1.